The third kappa shape index (κ3) is 4.48. The Balaban J connectivity index is 2.73. The zero-order valence-corrected chi connectivity index (χ0v) is 12.5. The highest BCUT2D eigenvalue weighted by Crippen LogP contribution is 2.21. The first-order valence-electron chi connectivity index (χ1n) is 6.36. The van der Waals surface area contributed by atoms with E-state index in [1.807, 2.05) is 18.2 Å². The summed E-state index contributed by atoms with van der Waals surface area (Å²) in [7, 11) is 4.20. The second kappa shape index (κ2) is 6.98. The topological polar surface area (TPSA) is 32.5 Å². The van der Waals surface area contributed by atoms with E-state index in [2.05, 4.69) is 37.7 Å². The highest BCUT2D eigenvalue weighted by molar-refractivity contribution is 6.31. The molecule has 18 heavy (non-hydrogen) atoms. The van der Waals surface area contributed by atoms with E-state index in [1.165, 1.54) is 0 Å². The van der Waals surface area contributed by atoms with E-state index < -0.39 is 0 Å². The van der Waals surface area contributed by atoms with Crippen LogP contribution in [-0.2, 0) is 6.54 Å². The lowest BCUT2D eigenvalue weighted by Gasteiger charge is -2.30. The highest BCUT2D eigenvalue weighted by atomic mass is 35.5. The number of hydrogen-bond donors (Lipinski definition) is 1. The normalized spacial score (nSPS) is 13.3. The van der Waals surface area contributed by atoms with Crippen molar-refractivity contribution in [2.75, 3.05) is 32.9 Å². The van der Waals surface area contributed by atoms with Crippen LogP contribution in [0.4, 0.5) is 5.69 Å². The number of nitrogens with two attached hydrogens (primary N) is 1. The Labute approximate surface area is 116 Å². The van der Waals surface area contributed by atoms with Crippen LogP contribution in [0.2, 0.25) is 5.02 Å². The Kier molecular flexibility index (Phi) is 5.93. The van der Waals surface area contributed by atoms with E-state index in [-0.39, 0.29) is 0 Å². The molecule has 0 amide bonds. The zero-order valence-electron chi connectivity index (χ0n) is 11.8. The van der Waals surface area contributed by atoms with Gasteiger partial charge in [0.05, 0.1) is 0 Å². The largest absolute Gasteiger partial charge is 0.399 e. The van der Waals surface area contributed by atoms with Gasteiger partial charge in [-0.25, -0.2) is 0 Å². The number of halogens is 1. The molecule has 1 unspecified atom stereocenters. The van der Waals surface area contributed by atoms with E-state index in [9.17, 15) is 0 Å². The van der Waals surface area contributed by atoms with Crippen molar-refractivity contribution in [2.45, 2.75) is 26.4 Å². The molecule has 0 aliphatic carbocycles. The van der Waals surface area contributed by atoms with Crippen molar-refractivity contribution in [3.05, 3.63) is 28.8 Å². The summed E-state index contributed by atoms with van der Waals surface area (Å²) >= 11 is 6.22. The maximum atomic E-state index is 6.22. The molecule has 0 aromatic heterocycles. The molecule has 102 valence electrons. The van der Waals surface area contributed by atoms with Crippen LogP contribution in [0.1, 0.15) is 19.4 Å². The molecule has 0 aliphatic heterocycles. The number of rotatable bonds is 6. The first-order valence-corrected chi connectivity index (χ1v) is 6.74. The molecule has 4 heteroatoms. The molecule has 0 saturated heterocycles. The average molecular weight is 270 g/mol. The van der Waals surface area contributed by atoms with Gasteiger partial charge in [-0.2, -0.15) is 0 Å². The number of benzene rings is 1. The number of nitrogens with zero attached hydrogens (tertiary/aromatic N) is 2. The molecule has 1 aromatic rings. The summed E-state index contributed by atoms with van der Waals surface area (Å²) in [6.45, 7) is 7.34. The molecule has 1 aromatic carbocycles. The minimum absolute atomic E-state index is 0.499. The minimum atomic E-state index is 0.499. The van der Waals surface area contributed by atoms with Gasteiger partial charge in [0.1, 0.15) is 0 Å². The highest BCUT2D eigenvalue weighted by Gasteiger charge is 2.14. The fourth-order valence-corrected chi connectivity index (χ4v) is 2.38. The van der Waals surface area contributed by atoms with Crippen LogP contribution in [0.3, 0.4) is 0 Å². The van der Waals surface area contributed by atoms with Crippen LogP contribution < -0.4 is 5.73 Å². The van der Waals surface area contributed by atoms with Crippen LogP contribution in [0.25, 0.3) is 0 Å². The van der Waals surface area contributed by atoms with E-state index in [4.69, 9.17) is 17.3 Å². The van der Waals surface area contributed by atoms with Gasteiger partial charge in [0.25, 0.3) is 0 Å². The molecule has 0 bridgehead atoms. The molecule has 0 saturated carbocycles. The first kappa shape index (κ1) is 15.3. The smallest absolute Gasteiger partial charge is 0.0471 e. The molecule has 0 aliphatic rings. The summed E-state index contributed by atoms with van der Waals surface area (Å²) in [6.07, 6.45) is 0. The van der Waals surface area contributed by atoms with Crippen molar-refractivity contribution >= 4 is 17.3 Å². The van der Waals surface area contributed by atoms with Crippen LogP contribution in [0.15, 0.2) is 18.2 Å². The van der Waals surface area contributed by atoms with Crippen LogP contribution in [0, 0.1) is 0 Å². The maximum Gasteiger partial charge on any atom is 0.0471 e. The number of nitrogen functional groups attached to an aromatic ring is 1. The second-order valence-electron chi connectivity index (χ2n) is 5.03. The van der Waals surface area contributed by atoms with Crippen molar-refractivity contribution in [1.29, 1.82) is 0 Å². The Morgan fingerprint density at radius 2 is 2.00 bits per heavy atom. The van der Waals surface area contributed by atoms with Crippen molar-refractivity contribution in [3.63, 3.8) is 0 Å². The van der Waals surface area contributed by atoms with Crippen LogP contribution >= 0.6 is 11.6 Å². The fraction of sp³-hybridized carbons (Fsp3) is 0.571. The molecule has 2 N–H and O–H groups in total. The van der Waals surface area contributed by atoms with Gasteiger partial charge in [0.15, 0.2) is 0 Å². The maximum absolute atomic E-state index is 6.22. The predicted molar refractivity (Wildman–Crippen MR) is 80.0 cm³/mol. The summed E-state index contributed by atoms with van der Waals surface area (Å²) in [5.41, 5.74) is 7.56. The van der Waals surface area contributed by atoms with E-state index in [0.29, 0.717) is 11.7 Å². The third-order valence-electron chi connectivity index (χ3n) is 3.11. The van der Waals surface area contributed by atoms with Crippen molar-refractivity contribution in [2.24, 2.45) is 0 Å². The number of hydrogen-bond acceptors (Lipinski definition) is 3. The predicted octanol–water partition coefficient (Wildman–Crippen LogP) is 2.69. The second-order valence-corrected chi connectivity index (χ2v) is 5.43. The summed E-state index contributed by atoms with van der Waals surface area (Å²) < 4.78 is 0. The van der Waals surface area contributed by atoms with Gasteiger partial charge in [-0.1, -0.05) is 24.6 Å². The quantitative estimate of drug-likeness (QED) is 0.806. The Morgan fingerprint density at radius 1 is 1.33 bits per heavy atom. The summed E-state index contributed by atoms with van der Waals surface area (Å²) in [6, 6.07) is 6.24. The van der Waals surface area contributed by atoms with Crippen molar-refractivity contribution in [1.82, 2.24) is 9.80 Å². The Bertz CT molecular complexity index is 379. The van der Waals surface area contributed by atoms with Gasteiger partial charge in [0, 0.05) is 29.8 Å². The minimum Gasteiger partial charge on any atom is -0.399 e. The molecule has 3 nitrogen and oxygen atoms in total. The van der Waals surface area contributed by atoms with Crippen molar-refractivity contribution < 1.29 is 0 Å². The average Bonchev–Trinajstić information content (AvgIpc) is 2.27. The van der Waals surface area contributed by atoms with Gasteiger partial charge in [-0.05, 0) is 45.3 Å². The monoisotopic (exact) mass is 269 g/mol. The van der Waals surface area contributed by atoms with Gasteiger partial charge < -0.3 is 10.6 Å². The summed E-state index contributed by atoms with van der Waals surface area (Å²) in [5.74, 6) is 0. The lowest BCUT2D eigenvalue weighted by molar-refractivity contribution is 0.174. The van der Waals surface area contributed by atoms with Gasteiger partial charge >= 0.3 is 0 Å². The lowest BCUT2D eigenvalue weighted by Crippen LogP contribution is -2.39. The molecule has 1 rings (SSSR count). The van der Waals surface area contributed by atoms with Crippen LogP contribution in [-0.4, -0.2) is 43.0 Å². The molecule has 0 spiro atoms. The third-order valence-corrected chi connectivity index (χ3v) is 3.46. The Morgan fingerprint density at radius 3 is 2.50 bits per heavy atom. The number of likely N-dealkylation sites (N-methyl/N-ethyl adjacent to an activating group) is 2. The van der Waals surface area contributed by atoms with Gasteiger partial charge in [0.2, 0.25) is 0 Å². The summed E-state index contributed by atoms with van der Waals surface area (Å²) in [4.78, 5) is 4.62. The molecular formula is C14H24ClN3. The molecule has 1 atom stereocenters. The van der Waals surface area contributed by atoms with Crippen molar-refractivity contribution in [3.8, 4) is 0 Å². The SMILES string of the molecule is CCN(Cc1ccc(N)cc1Cl)C(C)CN(C)C. The molecule has 0 fully saturated rings. The fourth-order valence-electron chi connectivity index (χ4n) is 2.13. The first-order chi connectivity index (χ1) is 8.43. The summed E-state index contributed by atoms with van der Waals surface area (Å²) in [5, 5.41) is 0.755. The number of anilines is 1. The van der Waals surface area contributed by atoms with E-state index in [0.717, 1.165) is 30.2 Å². The lowest BCUT2D eigenvalue weighted by atomic mass is 10.1. The van der Waals surface area contributed by atoms with Gasteiger partial charge in [-0.3, -0.25) is 4.90 Å². The van der Waals surface area contributed by atoms with E-state index >= 15 is 0 Å². The molecule has 0 heterocycles. The van der Waals surface area contributed by atoms with E-state index in [1.54, 1.807) is 0 Å². The molecular weight excluding hydrogens is 246 g/mol. The van der Waals surface area contributed by atoms with Gasteiger partial charge in [-0.15, -0.1) is 0 Å². The van der Waals surface area contributed by atoms with Crippen LogP contribution in [0.5, 0.6) is 0 Å². The zero-order chi connectivity index (χ0) is 13.7. The standard InChI is InChI=1S/C14H24ClN3/c1-5-18(11(2)9-17(3)4)10-12-6-7-13(16)8-14(12)15/h6-8,11H,5,9-10,16H2,1-4H3. The molecule has 0 radical (unpaired) electrons. The Hall–Kier alpha value is -0.770.